The van der Waals surface area contributed by atoms with Crippen LogP contribution in [0.5, 0.6) is 5.75 Å². The molecule has 3 aliphatic heterocycles. The molecule has 3 fully saturated rings. The Hall–Kier alpha value is -6.40. The van der Waals surface area contributed by atoms with Gasteiger partial charge >= 0.3 is 0 Å². The smallest absolute Gasteiger partial charge is 0.262 e. The molecule has 3 N–H and O–H groups in total. The summed E-state index contributed by atoms with van der Waals surface area (Å²) in [6.07, 6.45) is 7.40. The summed E-state index contributed by atoms with van der Waals surface area (Å²) in [4.78, 5) is 79.8. The van der Waals surface area contributed by atoms with Crippen LogP contribution < -0.4 is 20.4 Å². The van der Waals surface area contributed by atoms with Crippen molar-refractivity contribution in [1.82, 2.24) is 30.4 Å². The Balaban J connectivity index is 0.000000389. The van der Waals surface area contributed by atoms with Gasteiger partial charge in [-0.25, -0.2) is 4.98 Å². The molecule has 0 spiro atoms. The first kappa shape index (κ1) is 44.6. The molecule has 2 aromatic heterocycles. The fourth-order valence-corrected chi connectivity index (χ4v) is 10.3. The van der Waals surface area contributed by atoms with Crippen LogP contribution >= 0.6 is 0 Å². The van der Waals surface area contributed by atoms with E-state index in [1.54, 1.807) is 42.7 Å². The zero-order valence-electron chi connectivity index (χ0n) is 36.8. The van der Waals surface area contributed by atoms with Gasteiger partial charge in [0.25, 0.3) is 17.7 Å². The first-order valence-corrected chi connectivity index (χ1v) is 21.8. The van der Waals surface area contributed by atoms with Gasteiger partial charge in [0.05, 0.1) is 27.8 Å². The van der Waals surface area contributed by atoms with Crippen molar-refractivity contribution in [2.45, 2.75) is 71.9 Å². The number of likely N-dealkylation sites (N-methyl/N-ethyl adjacent to an activating group) is 1. The van der Waals surface area contributed by atoms with Gasteiger partial charge < -0.3 is 30.3 Å². The van der Waals surface area contributed by atoms with E-state index in [1.165, 1.54) is 13.1 Å². The van der Waals surface area contributed by atoms with Crippen LogP contribution in [0, 0.1) is 28.1 Å². The highest BCUT2D eigenvalue weighted by Gasteiger charge is 2.53. The Bertz CT molecular complexity index is 2400. The summed E-state index contributed by atoms with van der Waals surface area (Å²) in [5, 5.41) is 24.6. The Morgan fingerprint density at radius 3 is 2.27 bits per heavy atom. The second kappa shape index (κ2) is 18.5. The van der Waals surface area contributed by atoms with E-state index in [4.69, 9.17) is 5.26 Å². The number of phenolic OH excluding ortho intramolecular Hbond substituents is 1. The quantitative estimate of drug-likeness (QED) is 0.133. The molecule has 0 radical (unpaired) electrons. The number of piperazine rings is 1. The Morgan fingerprint density at radius 1 is 0.921 bits per heavy atom. The lowest BCUT2D eigenvalue weighted by Crippen LogP contribution is -2.63. The summed E-state index contributed by atoms with van der Waals surface area (Å²) in [6.45, 7) is 15.2. The zero-order chi connectivity index (χ0) is 45.1. The first-order valence-electron chi connectivity index (χ1n) is 21.8. The van der Waals surface area contributed by atoms with E-state index >= 15 is 0 Å². The molecule has 15 heteroatoms. The van der Waals surface area contributed by atoms with Crippen LogP contribution in [0.4, 0.5) is 11.5 Å². The van der Waals surface area contributed by atoms with Crippen LogP contribution in [0.2, 0.25) is 0 Å². The summed E-state index contributed by atoms with van der Waals surface area (Å²) in [7, 11) is 1.45. The third-order valence-corrected chi connectivity index (χ3v) is 13.1. The highest BCUT2D eigenvalue weighted by atomic mass is 16.3. The van der Waals surface area contributed by atoms with Gasteiger partial charge in [-0.05, 0) is 97.0 Å². The molecule has 63 heavy (non-hydrogen) atoms. The van der Waals surface area contributed by atoms with E-state index < -0.39 is 23.8 Å². The monoisotopic (exact) mass is 855 g/mol. The molecule has 4 aromatic rings. The van der Waals surface area contributed by atoms with Gasteiger partial charge in [0, 0.05) is 88.8 Å². The van der Waals surface area contributed by atoms with E-state index in [-0.39, 0.29) is 46.9 Å². The second-order valence-corrected chi connectivity index (χ2v) is 18.4. The number of aromatic nitrogens is 2. The third kappa shape index (κ3) is 9.37. The molecular weight excluding hydrogens is 799 g/mol. The van der Waals surface area contributed by atoms with E-state index in [1.807, 2.05) is 24.3 Å². The van der Waals surface area contributed by atoms with Crippen LogP contribution in [-0.4, -0.2) is 120 Å². The fraction of sp³-hybridized carbons (Fsp3) is 0.458. The number of amides is 4. The number of aldehydes is 1. The van der Waals surface area contributed by atoms with Crippen molar-refractivity contribution in [3.8, 4) is 11.8 Å². The lowest BCUT2D eigenvalue weighted by atomic mass is 9.52. The number of hydrogen-bond donors (Lipinski definition) is 3. The van der Waals surface area contributed by atoms with Gasteiger partial charge in [0.2, 0.25) is 5.91 Å². The average Bonchev–Trinajstić information content (AvgIpc) is 3.53. The molecule has 4 aliphatic rings. The maximum atomic E-state index is 13.4. The molecule has 2 saturated heterocycles. The summed E-state index contributed by atoms with van der Waals surface area (Å²) < 4.78 is 0. The molecule has 8 rings (SSSR count). The highest BCUT2D eigenvalue weighted by molar-refractivity contribution is 6.23. The molecule has 15 nitrogen and oxygen atoms in total. The number of anilines is 2. The van der Waals surface area contributed by atoms with E-state index in [0.29, 0.717) is 39.8 Å². The lowest BCUT2D eigenvalue weighted by Gasteiger charge is -2.57. The van der Waals surface area contributed by atoms with E-state index in [0.717, 1.165) is 81.5 Å². The molecule has 1 saturated carbocycles. The largest absolute Gasteiger partial charge is 0.507 e. The Kier molecular flexibility index (Phi) is 13.1. The second-order valence-electron chi connectivity index (χ2n) is 18.4. The number of aromatic hydroxyl groups is 1. The third-order valence-electron chi connectivity index (χ3n) is 13.1. The topological polar surface area (TPSA) is 192 Å². The van der Waals surface area contributed by atoms with Crippen molar-refractivity contribution in [1.29, 1.82) is 5.26 Å². The van der Waals surface area contributed by atoms with Crippen molar-refractivity contribution in [3.63, 3.8) is 0 Å². The number of nitrogens with zero attached hydrogens (tertiary/aromatic N) is 7. The SMILES string of the molecule is CNC(=O)C(CCC=O)N1C(=O)c2ccc(N3CCN(CC4CCN(c5ccc(C(=O)NC6C(C)(C)CC6(C)C)cn5)CC4)CC3)cc2C1=O.N#Cc1ccc(O)c2cccnc12. The summed E-state index contributed by atoms with van der Waals surface area (Å²) in [6, 6.07) is 16.9. The number of benzene rings is 2. The van der Waals surface area contributed by atoms with Gasteiger partial charge in [-0.3, -0.25) is 34.0 Å². The van der Waals surface area contributed by atoms with Gasteiger partial charge in [-0.1, -0.05) is 27.7 Å². The molecule has 4 amide bonds. The van der Waals surface area contributed by atoms with Crippen LogP contribution in [0.1, 0.15) is 96.4 Å². The highest BCUT2D eigenvalue weighted by Crippen LogP contribution is 2.53. The summed E-state index contributed by atoms with van der Waals surface area (Å²) in [5.41, 5.74) is 3.30. The van der Waals surface area contributed by atoms with Crippen LogP contribution in [0.3, 0.4) is 0 Å². The number of rotatable bonds is 11. The summed E-state index contributed by atoms with van der Waals surface area (Å²) in [5.74, 6) is 0.151. The molecule has 5 heterocycles. The van der Waals surface area contributed by atoms with Crippen LogP contribution in [-0.2, 0) is 9.59 Å². The molecule has 2 aromatic carbocycles. The number of nitrogens with one attached hydrogen (secondary N) is 2. The molecule has 1 atom stereocenters. The van der Waals surface area contributed by atoms with Gasteiger partial charge in [-0.15, -0.1) is 0 Å². The van der Waals surface area contributed by atoms with Gasteiger partial charge in [-0.2, -0.15) is 5.26 Å². The number of piperidine rings is 1. The number of carbonyl (C=O) groups excluding carboxylic acids is 5. The van der Waals surface area contributed by atoms with E-state index in [2.05, 4.69) is 63.0 Å². The standard InChI is InChI=1S/C38H51N7O5.C10H6N2O/c1-37(2)24-38(3,4)36(37)41-32(47)26-8-11-31(40-22-26)44-14-12-25(13-15-44)23-42-16-18-43(19-17-42)27-9-10-28-29(21-27)35(50)45(34(28)49)30(7-6-20-46)33(48)39-5;11-6-7-3-4-9(13)8-2-1-5-12-10(7)8/h8-11,20-22,25,30,36H,6-7,12-19,23-24H2,1-5H3,(H,39,48)(H,41,47);1-5,13H. The van der Waals surface area contributed by atoms with Crippen molar-refractivity contribution in [3.05, 3.63) is 89.2 Å². The number of imide groups is 1. The van der Waals surface area contributed by atoms with Crippen molar-refractivity contribution >= 4 is 52.3 Å². The Labute approximate surface area is 368 Å². The molecule has 0 bridgehead atoms. The van der Waals surface area contributed by atoms with Crippen molar-refractivity contribution < 1.29 is 29.1 Å². The molecule has 330 valence electrons. The van der Waals surface area contributed by atoms with E-state index in [9.17, 15) is 29.1 Å². The number of fused-ring (bicyclic) bond motifs is 2. The van der Waals surface area contributed by atoms with Crippen molar-refractivity contribution in [2.24, 2.45) is 16.7 Å². The predicted molar refractivity (Wildman–Crippen MR) is 239 cm³/mol. The van der Waals surface area contributed by atoms with Gasteiger partial charge in [0.15, 0.2) is 0 Å². The minimum Gasteiger partial charge on any atom is -0.507 e. The number of nitriles is 1. The van der Waals surface area contributed by atoms with Gasteiger partial charge in [0.1, 0.15) is 30.0 Å². The lowest BCUT2D eigenvalue weighted by molar-refractivity contribution is -0.124. The number of hydrogen-bond acceptors (Lipinski definition) is 12. The zero-order valence-corrected chi connectivity index (χ0v) is 36.8. The number of pyridine rings is 2. The summed E-state index contributed by atoms with van der Waals surface area (Å²) >= 11 is 0. The van der Waals surface area contributed by atoms with Crippen molar-refractivity contribution in [2.75, 3.05) is 62.7 Å². The fourth-order valence-electron chi connectivity index (χ4n) is 10.3. The number of carbonyl (C=O) groups is 5. The van der Waals surface area contributed by atoms with Crippen LogP contribution in [0.25, 0.3) is 10.9 Å². The average molecular weight is 856 g/mol. The normalized spacial score (nSPS) is 19.0. The molecular formula is C48H57N9O6. The van der Waals surface area contributed by atoms with Crippen LogP contribution in [0.15, 0.2) is 67.0 Å². The Morgan fingerprint density at radius 2 is 1.63 bits per heavy atom. The maximum Gasteiger partial charge on any atom is 0.262 e. The minimum absolute atomic E-state index is 0.0569. The maximum absolute atomic E-state index is 13.4. The predicted octanol–water partition coefficient (Wildman–Crippen LogP) is 5.18. The molecule has 1 unspecified atom stereocenters. The number of phenols is 1. The first-order chi connectivity index (χ1) is 30.1. The molecule has 1 aliphatic carbocycles. The minimum atomic E-state index is -1.02.